The number of hydrogen-bond acceptors (Lipinski definition) is 7. The number of carbonyl (C=O) groups excluding carboxylic acids is 1. The molecule has 8 nitrogen and oxygen atoms in total. The van der Waals surface area contributed by atoms with Gasteiger partial charge >= 0.3 is 0 Å². The Morgan fingerprint density at radius 3 is 2.43 bits per heavy atom. The average Bonchev–Trinajstić information content (AvgIpc) is 3.31. The van der Waals surface area contributed by atoms with Gasteiger partial charge in [0.2, 0.25) is 5.95 Å². The van der Waals surface area contributed by atoms with E-state index in [1.54, 1.807) is 41.3 Å². The smallest absolute Gasteiger partial charge is 0.273 e. The van der Waals surface area contributed by atoms with Gasteiger partial charge in [0.15, 0.2) is 9.84 Å². The van der Waals surface area contributed by atoms with Gasteiger partial charge in [-0.2, -0.15) is 0 Å². The molecule has 0 radical (unpaired) electrons. The summed E-state index contributed by atoms with van der Waals surface area (Å²) in [7, 11) is -3.71. The number of rotatable bonds is 5. The van der Waals surface area contributed by atoms with Crippen molar-refractivity contribution in [3.63, 3.8) is 0 Å². The maximum absolute atomic E-state index is 13.5. The summed E-state index contributed by atoms with van der Waals surface area (Å²) in [6.45, 7) is 0.951. The van der Waals surface area contributed by atoms with Crippen molar-refractivity contribution in [2.24, 2.45) is 0 Å². The summed E-state index contributed by atoms with van der Waals surface area (Å²) in [6, 6.07) is 21.9. The van der Waals surface area contributed by atoms with Crippen LogP contribution in [-0.2, 0) is 22.9 Å². The second-order valence-electron chi connectivity index (χ2n) is 8.17. The van der Waals surface area contributed by atoms with Crippen LogP contribution in [0.25, 0.3) is 22.0 Å². The van der Waals surface area contributed by atoms with E-state index in [9.17, 15) is 13.2 Å². The minimum absolute atomic E-state index is 0.00588. The molecule has 3 aromatic carbocycles. The Hall–Kier alpha value is -4.42. The molecule has 35 heavy (non-hydrogen) atoms. The Bertz CT molecular complexity index is 1600. The number of nitrogens with one attached hydrogen (secondary N) is 1. The van der Waals surface area contributed by atoms with E-state index in [-0.39, 0.29) is 22.4 Å². The lowest BCUT2D eigenvalue weighted by Gasteiger charge is -2.17. The lowest BCUT2D eigenvalue weighted by Crippen LogP contribution is -2.27. The van der Waals surface area contributed by atoms with E-state index in [1.165, 1.54) is 6.07 Å². The minimum Gasteiger partial charge on any atom is -0.368 e. The van der Waals surface area contributed by atoms with Crippen LogP contribution in [0.4, 0.5) is 5.95 Å². The summed E-state index contributed by atoms with van der Waals surface area (Å²) in [5.41, 5.74) is 9.87. The Kier molecular flexibility index (Phi) is 5.59. The van der Waals surface area contributed by atoms with E-state index in [1.807, 2.05) is 24.3 Å². The molecule has 0 saturated heterocycles. The summed E-state index contributed by atoms with van der Waals surface area (Å²) >= 11 is 0. The fraction of sp³-hybridized carbons (Fsp3) is 0.115. The number of anilines is 1. The van der Waals surface area contributed by atoms with Crippen molar-refractivity contribution in [3.8, 4) is 23.6 Å². The highest BCUT2D eigenvalue weighted by molar-refractivity contribution is 7.91. The number of amides is 1. The third-order valence-corrected chi connectivity index (χ3v) is 7.49. The Balaban J connectivity index is 1.60. The molecule has 2 heterocycles. The number of aromatic nitrogens is 2. The van der Waals surface area contributed by atoms with Gasteiger partial charge in [-0.15, -0.1) is 0 Å². The second-order valence-corrected chi connectivity index (χ2v) is 10.1. The maximum Gasteiger partial charge on any atom is 0.273 e. The van der Waals surface area contributed by atoms with Crippen molar-refractivity contribution in [3.05, 3.63) is 83.6 Å². The molecule has 1 aliphatic rings. The van der Waals surface area contributed by atoms with Gasteiger partial charge in [-0.25, -0.2) is 18.4 Å². The molecule has 9 heteroatoms. The molecule has 0 unspecified atom stereocenters. The zero-order chi connectivity index (χ0) is 24.6. The highest BCUT2D eigenvalue weighted by atomic mass is 32.2. The molecule has 0 atom stereocenters. The summed E-state index contributed by atoms with van der Waals surface area (Å²) in [6.07, 6.45) is 5.18. The van der Waals surface area contributed by atoms with Crippen LogP contribution in [-0.4, -0.2) is 35.1 Å². The van der Waals surface area contributed by atoms with Crippen LogP contribution in [0.2, 0.25) is 0 Å². The summed E-state index contributed by atoms with van der Waals surface area (Å²) in [4.78, 5) is 23.9. The highest BCUT2D eigenvalue weighted by Gasteiger charge is 2.27. The van der Waals surface area contributed by atoms with E-state index in [2.05, 4.69) is 21.3 Å². The normalized spacial score (nSPS) is 12.8. The lowest BCUT2D eigenvalue weighted by molar-refractivity contribution is 0.0747. The molecule has 0 aliphatic carbocycles. The van der Waals surface area contributed by atoms with E-state index in [0.29, 0.717) is 35.1 Å². The van der Waals surface area contributed by atoms with Gasteiger partial charge in [0.1, 0.15) is 11.6 Å². The van der Waals surface area contributed by atoms with Crippen LogP contribution in [0.15, 0.2) is 71.6 Å². The maximum atomic E-state index is 13.5. The van der Waals surface area contributed by atoms with E-state index < -0.39 is 15.7 Å². The predicted molar refractivity (Wildman–Crippen MR) is 133 cm³/mol. The highest BCUT2D eigenvalue weighted by Crippen LogP contribution is 2.32. The first-order valence-corrected chi connectivity index (χ1v) is 12.5. The van der Waals surface area contributed by atoms with Gasteiger partial charge in [0, 0.05) is 30.1 Å². The molecule has 0 saturated carbocycles. The van der Waals surface area contributed by atoms with Crippen LogP contribution in [0.5, 0.6) is 0 Å². The van der Waals surface area contributed by atoms with Crippen LogP contribution in [0.1, 0.15) is 21.6 Å². The predicted octanol–water partition coefficient (Wildman–Crippen LogP) is 2.95. The summed E-state index contributed by atoms with van der Waals surface area (Å²) in [5.74, 6) is -0.669. The molecule has 5 rings (SSSR count). The van der Waals surface area contributed by atoms with Gasteiger partial charge in [0.25, 0.3) is 5.91 Å². The summed E-state index contributed by atoms with van der Waals surface area (Å²) in [5, 5.41) is 2.91. The van der Waals surface area contributed by atoms with Crippen molar-refractivity contribution < 1.29 is 13.2 Å². The van der Waals surface area contributed by atoms with Crippen molar-refractivity contribution in [1.29, 1.82) is 0 Å². The molecule has 3 N–H and O–H groups in total. The molecule has 4 aromatic rings. The van der Waals surface area contributed by atoms with Crippen molar-refractivity contribution in [2.45, 2.75) is 18.0 Å². The quantitative estimate of drug-likeness (QED) is 0.331. The first-order valence-electron chi connectivity index (χ1n) is 10.8. The van der Waals surface area contributed by atoms with E-state index >= 15 is 0 Å². The molecule has 0 spiro atoms. The third-order valence-electron chi connectivity index (χ3n) is 5.94. The Morgan fingerprint density at radius 1 is 1.03 bits per heavy atom. The molecular formula is C26H21N5O3S. The van der Waals surface area contributed by atoms with Crippen LogP contribution >= 0.6 is 0 Å². The molecule has 174 valence electrons. The van der Waals surface area contributed by atoms with Crippen molar-refractivity contribution in [1.82, 2.24) is 20.2 Å². The summed E-state index contributed by atoms with van der Waals surface area (Å²) < 4.78 is 25.8. The van der Waals surface area contributed by atoms with Gasteiger partial charge in [0.05, 0.1) is 10.4 Å². The SMILES string of the molecule is C#CNCS(=O)(=O)c1ccccc1-c1ccc2nc(N)nc(C(=O)N3Cc4ccccc4C3)c2c1. The van der Waals surface area contributed by atoms with Crippen molar-refractivity contribution >= 4 is 32.6 Å². The van der Waals surface area contributed by atoms with Gasteiger partial charge in [-0.1, -0.05) is 55.0 Å². The van der Waals surface area contributed by atoms with Crippen LogP contribution < -0.4 is 11.1 Å². The fourth-order valence-corrected chi connectivity index (χ4v) is 5.53. The van der Waals surface area contributed by atoms with Crippen LogP contribution in [0.3, 0.4) is 0 Å². The van der Waals surface area contributed by atoms with Gasteiger partial charge in [-0.3, -0.25) is 4.79 Å². The zero-order valence-corrected chi connectivity index (χ0v) is 19.4. The number of fused-ring (bicyclic) bond motifs is 2. The molecule has 1 amide bonds. The number of carbonyl (C=O) groups is 1. The van der Waals surface area contributed by atoms with Gasteiger partial charge in [-0.05, 0) is 34.9 Å². The first-order chi connectivity index (χ1) is 16.9. The number of benzene rings is 3. The number of terminal acetylenes is 1. The third kappa shape index (κ3) is 4.16. The monoisotopic (exact) mass is 483 g/mol. The topological polar surface area (TPSA) is 118 Å². The number of nitrogen functional groups attached to an aromatic ring is 1. The van der Waals surface area contributed by atoms with Crippen molar-refractivity contribution in [2.75, 3.05) is 11.6 Å². The standard InChI is InChI=1S/C26H21N5O3S/c1-2-28-16-35(33,34)23-10-6-5-9-20(23)17-11-12-22-21(13-17)24(30-26(27)29-22)25(32)31-14-18-7-3-4-8-19(18)15-31/h1,3-13,28H,14-16H2,(H2,27,29,30). The largest absolute Gasteiger partial charge is 0.368 e. The second kappa shape index (κ2) is 8.74. The van der Waals surface area contributed by atoms with Crippen LogP contribution in [0, 0.1) is 12.5 Å². The number of sulfone groups is 1. The Morgan fingerprint density at radius 2 is 1.71 bits per heavy atom. The number of nitrogens with two attached hydrogens (primary N) is 1. The number of hydrogen-bond donors (Lipinski definition) is 2. The fourth-order valence-electron chi connectivity index (χ4n) is 4.29. The van der Waals surface area contributed by atoms with Gasteiger partial charge < -0.3 is 16.0 Å². The zero-order valence-electron chi connectivity index (χ0n) is 18.6. The molecule has 0 bridgehead atoms. The molecule has 1 aromatic heterocycles. The van der Waals surface area contributed by atoms with E-state index in [0.717, 1.165) is 11.1 Å². The first kappa shape index (κ1) is 22.4. The number of nitrogens with zero attached hydrogens (tertiary/aromatic N) is 3. The average molecular weight is 484 g/mol. The molecule has 1 aliphatic heterocycles. The molecular weight excluding hydrogens is 462 g/mol. The van der Waals surface area contributed by atoms with E-state index in [4.69, 9.17) is 12.2 Å². The minimum atomic E-state index is -3.71. The lowest BCUT2D eigenvalue weighted by atomic mass is 10.0. The Labute approximate surface area is 202 Å². The molecule has 0 fully saturated rings.